The molecule has 8 heteroatoms. The van der Waals surface area contributed by atoms with Gasteiger partial charge in [0.25, 0.3) is 5.91 Å². The van der Waals surface area contributed by atoms with E-state index in [1.54, 1.807) is 30.3 Å². The molecule has 0 saturated carbocycles. The fraction of sp³-hybridized carbons (Fsp3) is 0.111. The Bertz CT molecular complexity index is 1010. The van der Waals surface area contributed by atoms with Crippen molar-refractivity contribution in [1.82, 2.24) is 15.5 Å². The number of sulfonamides is 1. The van der Waals surface area contributed by atoms with E-state index < -0.39 is 10.0 Å². The highest BCUT2D eigenvalue weighted by atomic mass is 32.2. The zero-order valence-corrected chi connectivity index (χ0v) is 14.9. The Morgan fingerprint density at radius 2 is 1.85 bits per heavy atom. The van der Waals surface area contributed by atoms with Crippen molar-refractivity contribution in [3.63, 3.8) is 0 Å². The van der Waals surface area contributed by atoms with Crippen LogP contribution < -0.4 is 10.0 Å². The average Bonchev–Trinajstić information content (AvgIpc) is 3.09. The van der Waals surface area contributed by atoms with Gasteiger partial charge in [0.1, 0.15) is 5.69 Å². The largest absolute Gasteiger partial charge is 0.347 e. The number of aromatic nitrogens is 2. The molecule has 0 aliphatic carbocycles. The molecular formula is C18H18N4O3S. The lowest BCUT2D eigenvalue weighted by atomic mass is 10.1. The first-order chi connectivity index (χ1) is 12.4. The molecule has 2 aromatic carbocycles. The van der Waals surface area contributed by atoms with Crippen LogP contribution in [-0.2, 0) is 16.6 Å². The van der Waals surface area contributed by atoms with Gasteiger partial charge >= 0.3 is 0 Å². The number of nitrogens with one attached hydrogen (secondary N) is 3. The van der Waals surface area contributed by atoms with E-state index in [1.807, 2.05) is 30.3 Å². The standard InChI is InChI=1S/C18H18N4O3S/c1-26(24,25)22-15-9-5-6-13(10-15)12-19-18(23)17-11-16(20-21-17)14-7-3-2-4-8-14/h2-11,22H,12H2,1H3,(H,19,23)(H,20,21). The summed E-state index contributed by atoms with van der Waals surface area (Å²) < 4.78 is 25.0. The summed E-state index contributed by atoms with van der Waals surface area (Å²) in [5.74, 6) is -0.291. The van der Waals surface area contributed by atoms with Gasteiger partial charge in [-0.25, -0.2) is 8.42 Å². The minimum atomic E-state index is -3.34. The summed E-state index contributed by atoms with van der Waals surface area (Å²) in [6, 6.07) is 18.1. The van der Waals surface area contributed by atoms with Crippen LogP contribution in [0.1, 0.15) is 16.1 Å². The summed E-state index contributed by atoms with van der Waals surface area (Å²) >= 11 is 0. The van der Waals surface area contributed by atoms with E-state index in [0.717, 1.165) is 17.4 Å². The molecule has 0 aliphatic heterocycles. The molecule has 7 nitrogen and oxygen atoms in total. The third-order valence-corrected chi connectivity index (χ3v) is 4.18. The Morgan fingerprint density at radius 3 is 2.58 bits per heavy atom. The van der Waals surface area contributed by atoms with Crippen LogP contribution in [0.25, 0.3) is 11.3 Å². The molecule has 3 rings (SSSR count). The van der Waals surface area contributed by atoms with Gasteiger partial charge in [-0.1, -0.05) is 42.5 Å². The molecule has 0 radical (unpaired) electrons. The van der Waals surface area contributed by atoms with Gasteiger partial charge in [0, 0.05) is 17.8 Å². The molecule has 3 aromatic rings. The lowest BCUT2D eigenvalue weighted by molar-refractivity contribution is 0.0946. The van der Waals surface area contributed by atoms with Crippen molar-refractivity contribution in [3.05, 3.63) is 71.9 Å². The van der Waals surface area contributed by atoms with Crippen LogP contribution in [-0.4, -0.2) is 30.8 Å². The summed E-state index contributed by atoms with van der Waals surface area (Å²) in [4.78, 5) is 12.3. The van der Waals surface area contributed by atoms with Gasteiger partial charge in [-0.15, -0.1) is 0 Å². The molecule has 0 bridgehead atoms. The van der Waals surface area contributed by atoms with Crippen molar-refractivity contribution in [2.45, 2.75) is 6.54 Å². The second kappa shape index (κ2) is 7.40. The predicted octanol–water partition coefficient (Wildman–Crippen LogP) is 2.38. The highest BCUT2D eigenvalue weighted by Gasteiger charge is 2.11. The molecule has 0 unspecified atom stereocenters. The van der Waals surface area contributed by atoms with Crippen LogP contribution >= 0.6 is 0 Å². The van der Waals surface area contributed by atoms with E-state index in [1.165, 1.54) is 0 Å². The number of hydrogen-bond donors (Lipinski definition) is 3. The van der Waals surface area contributed by atoms with Crippen LogP contribution in [0.2, 0.25) is 0 Å². The maximum atomic E-state index is 12.3. The van der Waals surface area contributed by atoms with Gasteiger partial charge < -0.3 is 5.32 Å². The molecule has 1 aromatic heterocycles. The highest BCUT2D eigenvalue weighted by Crippen LogP contribution is 2.17. The fourth-order valence-electron chi connectivity index (χ4n) is 2.43. The molecule has 134 valence electrons. The van der Waals surface area contributed by atoms with E-state index in [-0.39, 0.29) is 12.5 Å². The second-order valence-corrected chi connectivity index (χ2v) is 7.54. The number of H-pyrrole nitrogens is 1. The van der Waals surface area contributed by atoms with Crippen LogP contribution in [0.4, 0.5) is 5.69 Å². The number of carbonyl (C=O) groups is 1. The van der Waals surface area contributed by atoms with E-state index in [2.05, 4.69) is 20.2 Å². The highest BCUT2D eigenvalue weighted by molar-refractivity contribution is 7.92. The normalized spacial score (nSPS) is 11.1. The molecule has 0 aliphatic rings. The minimum Gasteiger partial charge on any atom is -0.347 e. The van der Waals surface area contributed by atoms with Crippen molar-refractivity contribution in [1.29, 1.82) is 0 Å². The molecule has 1 amide bonds. The van der Waals surface area contributed by atoms with Gasteiger partial charge in [-0.2, -0.15) is 5.10 Å². The SMILES string of the molecule is CS(=O)(=O)Nc1cccc(CNC(=O)c2cc(-c3ccccc3)n[nH]2)c1. The van der Waals surface area contributed by atoms with Gasteiger partial charge in [0.05, 0.1) is 11.9 Å². The van der Waals surface area contributed by atoms with Crippen LogP contribution in [0, 0.1) is 0 Å². The van der Waals surface area contributed by atoms with Crippen molar-refractivity contribution in [2.75, 3.05) is 11.0 Å². The van der Waals surface area contributed by atoms with Crippen molar-refractivity contribution >= 4 is 21.6 Å². The van der Waals surface area contributed by atoms with E-state index >= 15 is 0 Å². The lowest BCUT2D eigenvalue weighted by Gasteiger charge is -2.07. The summed E-state index contributed by atoms with van der Waals surface area (Å²) in [6.45, 7) is 0.262. The first-order valence-corrected chi connectivity index (χ1v) is 9.75. The number of aromatic amines is 1. The van der Waals surface area contributed by atoms with E-state index in [9.17, 15) is 13.2 Å². The minimum absolute atomic E-state index is 0.262. The van der Waals surface area contributed by atoms with Gasteiger partial charge in [0.15, 0.2) is 0 Å². The Kier molecular flexibility index (Phi) is 5.04. The number of hydrogen-bond acceptors (Lipinski definition) is 4. The van der Waals surface area contributed by atoms with Gasteiger partial charge in [-0.3, -0.25) is 14.6 Å². The number of amides is 1. The smallest absolute Gasteiger partial charge is 0.269 e. The summed E-state index contributed by atoms with van der Waals surface area (Å²) in [7, 11) is -3.34. The zero-order chi connectivity index (χ0) is 18.6. The van der Waals surface area contributed by atoms with Gasteiger partial charge in [0.2, 0.25) is 10.0 Å². The molecule has 0 saturated heterocycles. The topological polar surface area (TPSA) is 104 Å². The Labute approximate surface area is 151 Å². The monoisotopic (exact) mass is 370 g/mol. The fourth-order valence-corrected chi connectivity index (χ4v) is 2.99. The number of benzene rings is 2. The number of rotatable bonds is 6. The van der Waals surface area contributed by atoms with E-state index in [0.29, 0.717) is 17.1 Å². The molecule has 0 fully saturated rings. The van der Waals surface area contributed by atoms with Crippen molar-refractivity contribution in [2.24, 2.45) is 0 Å². The third kappa shape index (κ3) is 4.70. The number of anilines is 1. The first kappa shape index (κ1) is 17.7. The number of nitrogens with zero attached hydrogens (tertiary/aromatic N) is 1. The summed E-state index contributed by atoms with van der Waals surface area (Å²) in [5.41, 5.74) is 3.19. The van der Waals surface area contributed by atoms with Crippen molar-refractivity contribution < 1.29 is 13.2 Å². The summed E-state index contributed by atoms with van der Waals surface area (Å²) in [6.07, 6.45) is 1.09. The molecule has 0 spiro atoms. The van der Waals surface area contributed by atoms with Crippen molar-refractivity contribution in [3.8, 4) is 11.3 Å². The maximum absolute atomic E-state index is 12.3. The molecular weight excluding hydrogens is 352 g/mol. The van der Waals surface area contributed by atoms with Crippen LogP contribution in [0.3, 0.4) is 0 Å². The second-order valence-electron chi connectivity index (χ2n) is 5.79. The van der Waals surface area contributed by atoms with Crippen LogP contribution in [0.5, 0.6) is 0 Å². The van der Waals surface area contributed by atoms with E-state index in [4.69, 9.17) is 0 Å². The Morgan fingerprint density at radius 1 is 1.08 bits per heavy atom. The Balaban J connectivity index is 1.64. The molecule has 1 heterocycles. The van der Waals surface area contributed by atoms with Gasteiger partial charge in [-0.05, 0) is 23.8 Å². The summed E-state index contributed by atoms with van der Waals surface area (Å²) in [5, 5.41) is 9.67. The lowest BCUT2D eigenvalue weighted by Crippen LogP contribution is -2.23. The number of carbonyl (C=O) groups excluding carboxylic acids is 1. The van der Waals surface area contributed by atoms with Crippen LogP contribution in [0.15, 0.2) is 60.7 Å². The average molecular weight is 370 g/mol. The first-order valence-electron chi connectivity index (χ1n) is 7.86. The third-order valence-electron chi connectivity index (χ3n) is 3.58. The zero-order valence-electron chi connectivity index (χ0n) is 14.1. The molecule has 26 heavy (non-hydrogen) atoms. The predicted molar refractivity (Wildman–Crippen MR) is 100 cm³/mol. The molecule has 3 N–H and O–H groups in total. The quantitative estimate of drug-likeness (QED) is 0.620. The maximum Gasteiger partial charge on any atom is 0.269 e. The Hall–Kier alpha value is -3.13. The molecule has 0 atom stereocenters.